The zero-order valence-electron chi connectivity index (χ0n) is 11.0. The largest absolute Gasteiger partial charge is 0.497 e. The van der Waals surface area contributed by atoms with Gasteiger partial charge in [-0.3, -0.25) is 0 Å². The first-order valence-electron chi connectivity index (χ1n) is 6.03. The van der Waals surface area contributed by atoms with Gasteiger partial charge in [0.2, 0.25) is 0 Å². The molecule has 0 N–H and O–H groups in total. The Morgan fingerprint density at radius 3 is 2.19 bits per heavy atom. The Labute approximate surface area is 134 Å². The Balaban J connectivity index is 2.21. The average Bonchev–Trinajstić information content (AvgIpc) is 2.46. The van der Waals surface area contributed by atoms with Gasteiger partial charge in [0.1, 0.15) is 11.5 Å². The van der Waals surface area contributed by atoms with E-state index in [0.717, 1.165) is 21.3 Å². The number of ether oxygens (including phenoxy) is 2. The van der Waals surface area contributed by atoms with Crippen LogP contribution in [0.25, 0.3) is 0 Å². The molecule has 0 aliphatic heterocycles. The molecule has 2 rings (SSSR count). The zero-order chi connectivity index (χ0) is 15.4. The Hall–Kier alpha value is -1.33. The lowest BCUT2D eigenvalue weighted by Gasteiger charge is -2.14. The minimum atomic E-state index is -2.83. The lowest BCUT2D eigenvalue weighted by atomic mass is 10.0. The predicted octanol–water partition coefficient (Wildman–Crippen LogP) is 5.39. The molecule has 112 valence electrons. The first kappa shape index (κ1) is 16.0. The minimum Gasteiger partial charge on any atom is -0.497 e. The second kappa shape index (κ2) is 7.09. The molecule has 2 aromatic rings. The molecule has 6 heteroatoms. The summed E-state index contributed by atoms with van der Waals surface area (Å²) in [5, 5.41) is -0.411. The molecule has 2 nitrogen and oxygen atoms in total. The van der Waals surface area contributed by atoms with Crippen LogP contribution in [0.1, 0.15) is 16.5 Å². The van der Waals surface area contributed by atoms with Crippen molar-refractivity contribution < 1.29 is 18.3 Å². The maximum atomic E-state index is 12.1. The fourth-order valence-electron chi connectivity index (χ4n) is 1.84. The highest BCUT2D eigenvalue weighted by Gasteiger charge is 2.15. The van der Waals surface area contributed by atoms with E-state index in [1.54, 1.807) is 19.2 Å². The summed E-state index contributed by atoms with van der Waals surface area (Å²) >= 11 is 9.88. The van der Waals surface area contributed by atoms with Crippen LogP contribution in [-0.2, 0) is 0 Å². The Kier molecular flexibility index (Phi) is 5.42. The molecular weight excluding hydrogens is 366 g/mol. The van der Waals surface area contributed by atoms with E-state index in [0.29, 0.717) is 0 Å². The summed E-state index contributed by atoms with van der Waals surface area (Å²) in [6.07, 6.45) is 0. The third kappa shape index (κ3) is 4.08. The van der Waals surface area contributed by atoms with E-state index in [2.05, 4.69) is 20.7 Å². The van der Waals surface area contributed by atoms with Crippen molar-refractivity contribution in [1.82, 2.24) is 0 Å². The van der Waals surface area contributed by atoms with Gasteiger partial charge >= 0.3 is 6.61 Å². The van der Waals surface area contributed by atoms with Crippen LogP contribution in [0.15, 0.2) is 46.9 Å². The van der Waals surface area contributed by atoms with Crippen LogP contribution in [0.4, 0.5) is 8.78 Å². The van der Waals surface area contributed by atoms with Gasteiger partial charge in [0.25, 0.3) is 0 Å². The molecule has 0 spiro atoms. The van der Waals surface area contributed by atoms with Crippen LogP contribution >= 0.6 is 27.5 Å². The van der Waals surface area contributed by atoms with Gasteiger partial charge in [-0.15, -0.1) is 11.6 Å². The van der Waals surface area contributed by atoms with E-state index in [-0.39, 0.29) is 5.75 Å². The molecule has 0 aliphatic carbocycles. The van der Waals surface area contributed by atoms with E-state index in [1.165, 1.54) is 12.1 Å². The van der Waals surface area contributed by atoms with Gasteiger partial charge < -0.3 is 9.47 Å². The summed E-state index contributed by atoms with van der Waals surface area (Å²) in [7, 11) is 1.58. The van der Waals surface area contributed by atoms with Crippen LogP contribution in [0.2, 0.25) is 0 Å². The number of hydrogen-bond donors (Lipinski definition) is 0. The summed E-state index contributed by atoms with van der Waals surface area (Å²) in [5.41, 5.74) is 1.64. The normalized spacial score (nSPS) is 12.3. The number of benzene rings is 2. The molecule has 0 saturated carbocycles. The van der Waals surface area contributed by atoms with Crippen LogP contribution < -0.4 is 9.47 Å². The van der Waals surface area contributed by atoms with E-state index >= 15 is 0 Å². The molecule has 0 aromatic heterocycles. The van der Waals surface area contributed by atoms with E-state index < -0.39 is 12.0 Å². The van der Waals surface area contributed by atoms with Crippen molar-refractivity contribution in [1.29, 1.82) is 0 Å². The lowest BCUT2D eigenvalue weighted by Crippen LogP contribution is -2.02. The van der Waals surface area contributed by atoms with Gasteiger partial charge in [0.05, 0.1) is 12.5 Å². The highest BCUT2D eigenvalue weighted by atomic mass is 79.9. The summed E-state index contributed by atoms with van der Waals surface area (Å²) in [6, 6.07) is 11.7. The topological polar surface area (TPSA) is 18.5 Å². The van der Waals surface area contributed by atoms with E-state index in [4.69, 9.17) is 16.3 Å². The maximum absolute atomic E-state index is 12.1. The summed E-state index contributed by atoms with van der Waals surface area (Å²) in [6.45, 7) is -2.83. The molecule has 1 atom stereocenters. The molecule has 1 unspecified atom stereocenters. The Morgan fingerprint density at radius 2 is 1.67 bits per heavy atom. The highest BCUT2D eigenvalue weighted by molar-refractivity contribution is 9.10. The Bertz CT molecular complexity index is 605. The standard InChI is InChI=1S/C15H12BrClF2O2/c1-20-11-6-7-12(13(16)8-11)14(17)9-2-4-10(5-3-9)21-15(18)19/h2-8,14-15H,1H3. The van der Waals surface area contributed by atoms with Gasteiger partial charge in [0.15, 0.2) is 0 Å². The van der Waals surface area contributed by atoms with Crippen LogP contribution in [-0.4, -0.2) is 13.7 Å². The van der Waals surface area contributed by atoms with Crippen LogP contribution in [0.3, 0.4) is 0 Å². The van der Waals surface area contributed by atoms with Crippen molar-refractivity contribution in [3.63, 3.8) is 0 Å². The van der Waals surface area contributed by atoms with Gasteiger partial charge in [0, 0.05) is 4.47 Å². The SMILES string of the molecule is COc1ccc(C(Cl)c2ccc(OC(F)F)cc2)c(Br)c1. The van der Waals surface area contributed by atoms with Gasteiger partial charge in [-0.05, 0) is 35.4 Å². The molecule has 2 aromatic carbocycles. The monoisotopic (exact) mass is 376 g/mol. The number of halogens is 4. The van der Waals surface area contributed by atoms with Gasteiger partial charge in [-0.2, -0.15) is 8.78 Å². The molecular formula is C15H12BrClF2O2. The fourth-order valence-corrected chi connectivity index (χ4v) is 2.89. The predicted molar refractivity (Wildman–Crippen MR) is 81.5 cm³/mol. The first-order chi connectivity index (χ1) is 10.0. The molecule has 21 heavy (non-hydrogen) atoms. The van der Waals surface area contributed by atoms with Crippen molar-refractivity contribution >= 4 is 27.5 Å². The third-order valence-corrected chi connectivity index (χ3v) is 4.05. The number of alkyl halides is 3. The van der Waals surface area contributed by atoms with Crippen molar-refractivity contribution in [3.8, 4) is 11.5 Å². The number of rotatable bonds is 5. The second-order valence-corrected chi connectivity index (χ2v) is 5.49. The second-order valence-electron chi connectivity index (χ2n) is 4.20. The third-order valence-electron chi connectivity index (χ3n) is 2.88. The first-order valence-corrected chi connectivity index (χ1v) is 7.26. The van der Waals surface area contributed by atoms with Crippen molar-refractivity contribution in [2.75, 3.05) is 7.11 Å². The molecule has 0 bridgehead atoms. The van der Waals surface area contributed by atoms with Gasteiger partial charge in [-0.1, -0.05) is 34.1 Å². The highest BCUT2D eigenvalue weighted by Crippen LogP contribution is 2.36. The number of hydrogen-bond acceptors (Lipinski definition) is 2. The van der Waals surface area contributed by atoms with Crippen LogP contribution in [0, 0.1) is 0 Å². The van der Waals surface area contributed by atoms with E-state index in [1.807, 2.05) is 18.2 Å². The van der Waals surface area contributed by atoms with E-state index in [9.17, 15) is 8.78 Å². The Morgan fingerprint density at radius 1 is 1.05 bits per heavy atom. The average molecular weight is 378 g/mol. The molecule has 0 amide bonds. The molecule has 0 saturated heterocycles. The minimum absolute atomic E-state index is 0.103. The smallest absolute Gasteiger partial charge is 0.387 e. The van der Waals surface area contributed by atoms with Crippen LogP contribution in [0.5, 0.6) is 11.5 Å². The zero-order valence-corrected chi connectivity index (χ0v) is 13.4. The summed E-state index contributed by atoms with van der Waals surface area (Å²) in [5.74, 6) is 0.821. The molecule has 0 heterocycles. The lowest BCUT2D eigenvalue weighted by molar-refractivity contribution is -0.0498. The number of methoxy groups -OCH3 is 1. The van der Waals surface area contributed by atoms with Crippen molar-refractivity contribution in [2.24, 2.45) is 0 Å². The molecule has 0 aliphatic rings. The quantitative estimate of drug-likeness (QED) is 0.651. The van der Waals surface area contributed by atoms with Crippen molar-refractivity contribution in [3.05, 3.63) is 58.1 Å². The molecule has 0 radical (unpaired) electrons. The summed E-state index contributed by atoms with van der Waals surface area (Å²) < 4.78 is 34.5. The fraction of sp³-hybridized carbons (Fsp3) is 0.200. The van der Waals surface area contributed by atoms with Crippen molar-refractivity contribution in [2.45, 2.75) is 12.0 Å². The summed E-state index contributed by atoms with van der Waals surface area (Å²) in [4.78, 5) is 0. The van der Waals surface area contributed by atoms with Gasteiger partial charge in [-0.25, -0.2) is 0 Å². The maximum Gasteiger partial charge on any atom is 0.387 e. The molecule has 0 fully saturated rings.